The van der Waals surface area contributed by atoms with E-state index in [4.69, 9.17) is 9.72 Å². The molecule has 0 unspecified atom stereocenters. The Hall–Kier alpha value is -3.00. The first-order valence-corrected chi connectivity index (χ1v) is 12.4. The number of aromatic nitrogens is 4. The topological polar surface area (TPSA) is 64.0 Å². The highest BCUT2D eigenvalue weighted by atomic mass is 19.1. The van der Waals surface area contributed by atoms with Crippen molar-refractivity contribution in [2.24, 2.45) is 5.41 Å². The van der Waals surface area contributed by atoms with Crippen LogP contribution in [-0.4, -0.2) is 46.0 Å². The molecule has 2 fully saturated rings. The Kier molecular flexibility index (Phi) is 5.14. The zero-order chi connectivity index (χ0) is 24.4. The quantitative estimate of drug-likeness (QED) is 0.525. The summed E-state index contributed by atoms with van der Waals surface area (Å²) in [6, 6.07) is 7.70. The van der Waals surface area contributed by atoms with Crippen LogP contribution in [0.25, 0.3) is 11.3 Å². The van der Waals surface area contributed by atoms with Crippen molar-refractivity contribution in [2.75, 3.05) is 24.6 Å². The maximum absolute atomic E-state index is 14.5. The number of ether oxygens (including phenoxy) is 1. The molecule has 3 heterocycles. The average Bonchev–Trinajstić information content (AvgIpc) is 3.25. The third-order valence-corrected chi connectivity index (χ3v) is 8.56. The standard InChI is InChI=1S/C27H29F2N5O/c1-4-16-15-34(12-13-35-16)25-30-11-9-22(31-25)27-10-8-18(26(27,2)3)17-14-21(32-33-24(17)27)23-19(28)6-5-7-20(23)29/h5-7,9,11,14,16,18H,4,8,10,12-13,15H2,1-3H3/t16-,18-,27-/m0/s1. The fourth-order valence-electron chi connectivity index (χ4n) is 6.64. The number of hydrogen-bond donors (Lipinski definition) is 0. The summed E-state index contributed by atoms with van der Waals surface area (Å²) in [6.07, 6.45) is 4.82. The highest BCUT2D eigenvalue weighted by molar-refractivity contribution is 5.64. The summed E-state index contributed by atoms with van der Waals surface area (Å²) in [6.45, 7) is 8.81. The Balaban J connectivity index is 1.45. The van der Waals surface area contributed by atoms with E-state index in [0.29, 0.717) is 12.6 Å². The second-order valence-corrected chi connectivity index (χ2v) is 10.4. The van der Waals surface area contributed by atoms with E-state index in [1.807, 2.05) is 18.3 Å². The maximum Gasteiger partial charge on any atom is 0.225 e. The molecule has 8 heteroatoms. The van der Waals surface area contributed by atoms with Crippen molar-refractivity contribution in [2.45, 2.75) is 57.5 Å². The monoisotopic (exact) mass is 477 g/mol. The lowest BCUT2D eigenvalue weighted by Gasteiger charge is -2.38. The summed E-state index contributed by atoms with van der Waals surface area (Å²) in [5.74, 6) is -0.349. The van der Waals surface area contributed by atoms with Crippen LogP contribution in [-0.2, 0) is 10.2 Å². The Labute approximate surface area is 203 Å². The third kappa shape index (κ3) is 3.15. The minimum absolute atomic E-state index is 0.125. The lowest BCUT2D eigenvalue weighted by molar-refractivity contribution is 0.0378. The van der Waals surface area contributed by atoms with Gasteiger partial charge in [0, 0.05) is 19.3 Å². The Morgan fingerprint density at radius 1 is 1.14 bits per heavy atom. The number of morpholine rings is 1. The molecule has 0 radical (unpaired) electrons. The Morgan fingerprint density at radius 2 is 1.94 bits per heavy atom. The number of nitrogens with zero attached hydrogens (tertiary/aromatic N) is 5. The zero-order valence-electron chi connectivity index (χ0n) is 20.3. The number of benzene rings is 1. The van der Waals surface area contributed by atoms with E-state index < -0.39 is 17.0 Å². The van der Waals surface area contributed by atoms with Crippen LogP contribution in [0.15, 0.2) is 36.5 Å². The minimum atomic E-state index is -0.632. The molecule has 6 nitrogen and oxygen atoms in total. The second kappa shape index (κ2) is 8.01. The molecule has 2 aromatic heterocycles. The molecule has 1 aromatic carbocycles. The fourth-order valence-corrected chi connectivity index (χ4v) is 6.64. The summed E-state index contributed by atoms with van der Waals surface area (Å²) < 4.78 is 34.8. The van der Waals surface area contributed by atoms with Gasteiger partial charge in [-0.1, -0.05) is 26.8 Å². The molecule has 1 saturated heterocycles. The number of fused-ring (bicyclic) bond motifs is 5. The largest absolute Gasteiger partial charge is 0.375 e. The average molecular weight is 478 g/mol. The summed E-state index contributed by atoms with van der Waals surface area (Å²) in [5.41, 5.74) is 2.33. The molecule has 0 amide bonds. The first kappa shape index (κ1) is 22.5. The second-order valence-electron chi connectivity index (χ2n) is 10.4. The fraction of sp³-hybridized carbons (Fsp3) is 0.481. The molecule has 6 rings (SSSR count). The highest BCUT2D eigenvalue weighted by Gasteiger charge is 2.65. The van der Waals surface area contributed by atoms with Crippen molar-refractivity contribution in [1.29, 1.82) is 0 Å². The van der Waals surface area contributed by atoms with Crippen LogP contribution in [0.5, 0.6) is 0 Å². The van der Waals surface area contributed by atoms with E-state index >= 15 is 0 Å². The minimum Gasteiger partial charge on any atom is -0.375 e. The Bertz CT molecular complexity index is 1280. The van der Waals surface area contributed by atoms with E-state index in [2.05, 4.69) is 40.9 Å². The van der Waals surface area contributed by atoms with Crippen LogP contribution in [0.4, 0.5) is 14.7 Å². The smallest absolute Gasteiger partial charge is 0.225 e. The van der Waals surface area contributed by atoms with Crippen LogP contribution >= 0.6 is 0 Å². The first-order valence-electron chi connectivity index (χ1n) is 12.4. The lowest BCUT2D eigenvalue weighted by atomic mass is 9.66. The van der Waals surface area contributed by atoms with Gasteiger partial charge in [-0.3, -0.25) is 0 Å². The summed E-state index contributed by atoms with van der Waals surface area (Å²) >= 11 is 0. The van der Waals surface area contributed by atoms with Crippen LogP contribution in [0, 0.1) is 17.0 Å². The van der Waals surface area contributed by atoms with Gasteiger partial charge in [0.25, 0.3) is 0 Å². The molecule has 0 spiro atoms. The van der Waals surface area contributed by atoms with E-state index in [0.717, 1.165) is 49.3 Å². The number of hydrogen-bond acceptors (Lipinski definition) is 6. The van der Waals surface area contributed by atoms with Gasteiger partial charge in [0.2, 0.25) is 5.95 Å². The first-order chi connectivity index (χ1) is 16.9. The lowest BCUT2D eigenvalue weighted by Crippen LogP contribution is -2.44. The molecule has 3 aromatic rings. The maximum atomic E-state index is 14.5. The molecule has 1 aliphatic heterocycles. The molecule has 2 bridgehead atoms. The third-order valence-electron chi connectivity index (χ3n) is 8.56. The molecule has 2 aliphatic carbocycles. The van der Waals surface area contributed by atoms with E-state index in [9.17, 15) is 8.78 Å². The normalized spacial score (nSPS) is 26.7. The number of rotatable bonds is 4. The molecule has 3 atom stereocenters. The van der Waals surface area contributed by atoms with Gasteiger partial charge < -0.3 is 9.64 Å². The van der Waals surface area contributed by atoms with Gasteiger partial charge in [0.15, 0.2) is 0 Å². The van der Waals surface area contributed by atoms with Gasteiger partial charge in [0.05, 0.1) is 40.8 Å². The van der Waals surface area contributed by atoms with E-state index in [1.54, 1.807) is 0 Å². The molecule has 0 N–H and O–H groups in total. The predicted octanol–water partition coefficient (Wildman–Crippen LogP) is 5.03. The van der Waals surface area contributed by atoms with Gasteiger partial charge in [-0.15, -0.1) is 5.10 Å². The molecule has 35 heavy (non-hydrogen) atoms. The van der Waals surface area contributed by atoms with E-state index in [-0.39, 0.29) is 28.7 Å². The molecule has 182 valence electrons. The highest BCUT2D eigenvalue weighted by Crippen LogP contribution is 2.69. The van der Waals surface area contributed by atoms with Crippen LogP contribution < -0.4 is 4.90 Å². The Morgan fingerprint density at radius 3 is 2.71 bits per heavy atom. The summed E-state index contributed by atoms with van der Waals surface area (Å²) in [5, 5.41) is 8.96. The van der Waals surface area contributed by atoms with Crippen molar-refractivity contribution in [3.05, 3.63) is 65.1 Å². The predicted molar refractivity (Wildman–Crippen MR) is 128 cm³/mol. The molecular formula is C27H29F2N5O. The van der Waals surface area contributed by atoms with Crippen LogP contribution in [0.2, 0.25) is 0 Å². The van der Waals surface area contributed by atoms with Gasteiger partial charge in [-0.25, -0.2) is 18.7 Å². The van der Waals surface area contributed by atoms with Crippen molar-refractivity contribution >= 4 is 5.95 Å². The summed E-state index contributed by atoms with van der Waals surface area (Å²) in [7, 11) is 0. The van der Waals surface area contributed by atoms with Crippen LogP contribution in [0.3, 0.4) is 0 Å². The van der Waals surface area contributed by atoms with Gasteiger partial charge in [-0.2, -0.15) is 5.10 Å². The van der Waals surface area contributed by atoms with Crippen LogP contribution in [0.1, 0.15) is 62.9 Å². The number of anilines is 1. The number of halogens is 2. The van der Waals surface area contributed by atoms with Gasteiger partial charge >= 0.3 is 0 Å². The van der Waals surface area contributed by atoms with Crippen molar-refractivity contribution in [3.63, 3.8) is 0 Å². The SMILES string of the molecule is CC[C@H]1CN(c2nccc([C@@]34CC[C@@H](c5cc(-c6c(F)cccc6F)nnc53)C4(C)C)n2)CCO1. The van der Waals surface area contributed by atoms with E-state index in [1.165, 1.54) is 18.2 Å². The van der Waals surface area contributed by atoms with Gasteiger partial charge in [-0.05, 0) is 60.4 Å². The zero-order valence-corrected chi connectivity index (χ0v) is 20.3. The van der Waals surface area contributed by atoms with Crippen molar-refractivity contribution in [1.82, 2.24) is 20.2 Å². The molecule has 3 aliphatic rings. The van der Waals surface area contributed by atoms with Crippen molar-refractivity contribution < 1.29 is 13.5 Å². The van der Waals surface area contributed by atoms with Crippen molar-refractivity contribution in [3.8, 4) is 11.3 Å². The molecule has 1 saturated carbocycles. The van der Waals surface area contributed by atoms with Gasteiger partial charge in [0.1, 0.15) is 11.6 Å². The summed E-state index contributed by atoms with van der Waals surface area (Å²) in [4.78, 5) is 11.9. The molecular weight excluding hydrogens is 448 g/mol.